The number of aryl methyl sites for hydroxylation is 2. The van der Waals surface area contributed by atoms with Crippen molar-refractivity contribution in [2.45, 2.75) is 97.9 Å². The number of carbonyl (C=O) groups is 3. The first kappa shape index (κ1) is 48.0. The second kappa shape index (κ2) is 22.3. The molecule has 11 nitrogen and oxygen atoms in total. The molecule has 1 aliphatic rings. The number of rotatable bonds is 20. The number of benzene rings is 4. The van der Waals surface area contributed by atoms with Gasteiger partial charge in [0, 0.05) is 45.8 Å². The van der Waals surface area contributed by atoms with Gasteiger partial charge in [0.15, 0.2) is 12.0 Å². The Morgan fingerprint density at radius 3 is 2.10 bits per heavy atom. The molecule has 4 aromatic carbocycles. The molecule has 0 unspecified atom stereocenters. The molecule has 0 radical (unpaired) electrons. The molecule has 1 fully saturated rings. The highest BCUT2D eigenvalue weighted by Crippen LogP contribution is 2.34. The molecule has 62 heavy (non-hydrogen) atoms. The Balaban J connectivity index is 1.49. The number of alkyl carbamates (subject to hydrolysis) is 1. The highest BCUT2D eigenvalue weighted by molar-refractivity contribution is 6.37. The zero-order valence-electron chi connectivity index (χ0n) is 37.0. The van der Waals surface area contributed by atoms with Gasteiger partial charge in [-0.2, -0.15) is 0 Å². The van der Waals surface area contributed by atoms with Crippen LogP contribution < -0.4 is 14.8 Å². The molecule has 1 aliphatic carbocycles. The van der Waals surface area contributed by atoms with E-state index in [2.05, 4.69) is 31.3 Å². The number of ether oxygens (including phenoxy) is 5. The molecule has 3 amide bonds. The van der Waals surface area contributed by atoms with Gasteiger partial charge < -0.3 is 38.8 Å². The number of halogens is 2. The Morgan fingerprint density at radius 1 is 0.839 bits per heavy atom. The quantitative estimate of drug-likeness (QED) is 0.0530. The third kappa shape index (κ3) is 14.2. The highest BCUT2D eigenvalue weighted by atomic mass is 35.5. The van der Waals surface area contributed by atoms with E-state index >= 15 is 0 Å². The Labute approximate surface area is 376 Å². The van der Waals surface area contributed by atoms with Crippen LogP contribution in [0.1, 0.15) is 73.4 Å². The van der Waals surface area contributed by atoms with E-state index in [1.807, 2.05) is 60.4 Å². The summed E-state index contributed by atoms with van der Waals surface area (Å²) in [6, 6.07) is 25.4. The molecule has 1 atom stereocenters. The molecular weight excluding hydrogens is 829 g/mol. The van der Waals surface area contributed by atoms with E-state index in [0.717, 1.165) is 40.7 Å². The average Bonchev–Trinajstić information content (AvgIpc) is 4.07. The molecule has 0 aliphatic heterocycles. The summed E-state index contributed by atoms with van der Waals surface area (Å²) < 4.78 is 28.6. The van der Waals surface area contributed by atoms with Crippen molar-refractivity contribution >= 4 is 46.7 Å². The fraction of sp³-hybridized carbons (Fsp3) is 0.408. The van der Waals surface area contributed by atoms with Crippen molar-refractivity contribution in [3.05, 3.63) is 134 Å². The summed E-state index contributed by atoms with van der Waals surface area (Å²) in [7, 11) is 3.00. The van der Waals surface area contributed by atoms with Crippen molar-refractivity contribution < 1.29 is 38.1 Å². The van der Waals surface area contributed by atoms with Gasteiger partial charge in [0.1, 0.15) is 30.6 Å². The van der Waals surface area contributed by atoms with Crippen molar-refractivity contribution in [1.29, 1.82) is 0 Å². The van der Waals surface area contributed by atoms with Gasteiger partial charge in [0.05, 0.1) is 16.6 Å². The maximum Gasteiger partial charge on any atom is 0.408 e. The zero-order chi connectivity index (χ0) is 45.0. The second-order valence-corrected chi connectivity index (χ2v) is 17.3. The van der Waals surface area contributed by atoms with Crippen LogP contribution in [-0.4, -0.2) is 85.7 Å². The lowest BCUT2D eigenvalue weighted by Gasteiger charge is -2.31. The number of methoxy groups -OCH3 is 2. The summed E-state index contributed by atoms with van der Waals surface area (Å²) in [4.78, 5) is 46.4. The molecule has 1 saturated carbocycles. The third-order valence-electron chi connectivity index (χ3n) is 10.4. The van der Waals surface area contributed by atoms with E-state index in [1.54, 1.807) is 56.0 Å². The summed E-state index contributed by atoms with van der Waals surface area (Å²) in [5, 5.41) is 3.69. The third-order valence-corrected chi connectivity index (χ3v) is 11.0. The molecule has 13 heteroatoms. The predicted octanol–water partition coefficient (Wildman–Crippen LogP) is 9.88. The van der Waals surface area contributed by atoms with Crippen molar-refractivity contribution in [3.63, 3.8) is 0 Å². The summed E-state index contributed by atoms with van der Waals surface area (Å²) in [5.41, 5.74) is 5.50. The van der Waals surface area contributed by atoms with Gasteiger partial charge in [-0.1, -0.05) is 83.9 Å². The standard InChI is InChI=1S/C49H59Cl2N3O8/c1-32-25-41(50)46(42(51)26-32)61-24-23-60-40-21-17-36(18-22-40)38(28-44(55)54(39-19-20-39)30-37-16-12-13-33(2)34(37)3)27-43(52-48(57)62-49(4,5)6)47(56)53(31-45(58-7)59-8)29-35-14-10-9-11-15-35/h9-18,21-22,25-26,28,39,43,45H,19-20,23-24,27,29-31H2,1-8H3,(H,52,57)/b38-28+/t43-/m1/s1. The summed E-state index contributed by atoms with van der Waals surface area (Å²) in [6.45, 7) is 12.4. The van der Waals surface area contributed by atoms with Crippen molar-refractivity contribution in [3.8, 4) is 11.5 Å². The summed E-state index contributed by atoms with van der Waals surface area (Å²) in [5.74, 6) is 0.331. The second-order valence-electron chi connectivity index (χ2n) is 16.5. The SMILES string of the molecule is COC(CN(Cc1ccccc1)C(=O)[C@@H](C/C(=C\C(=O)N(Cc1cccc(C)c1C)C1CC1)c1ccc(OCCOc2c(Cl)cc(C)cc2Cl)cc1)NC(=O)OC(C)(C)C)OC. The molecule has 332 valence electrons. The number of hydrogen-bond acceptors (Lipinski definition) is 8. The van der Waals surface area contributed by atoms with Crippen LogP contribution in [0.4, 0.5) is 4.79 Å². The van der Waals surface area contributed by atoms with Crippen molar-refractivity contribution in [2.24, 2.45) is 0 Å². The minimum atomic E-state index is -1.16. The van der Waals surface area contributed by atoms with Gasteiger partial charge in [0.25, 0.3) is 0 Å². The topological polar surface area (TPSA) is 116 Å². The first-order valence-corrected chi connectivity index (χ1v) is 21.6. The number of nitrogens with one attached hydrogen (secondary N) is 1. The van der Waals surface area contributed by atoms with E-state index in [4.69, 9.17) is 46.9 Å². The van der Waals surface area contributed by atoms with Crippen LogP contribution in [0, 0.1) is 20.8 Å². The molecule has 0 spiro atoms. The van der Waals surface area contributed by atoms with Crippen LogP contribution in [0.3, 0.4) is 0 Å². The van der Waals surface area contributed by atoms with Gasteiger partial charge >= 0.3 is 6.09 Å². The van der Waals surface area contributed by atoms with Gasteiger partial charge in [-0.15, -0.1) is 0 Å². The maximum absolute atomic E-state index is 14.9. The van der Waals surface area contributed by atoms with Crippen LogP contribution >= 0.6 is 23.2 Å². The van der Waals surface area contributed by atoms with Crippen molar-refractivity contribution in [2.75, 3.05) is 34.0 Å². The van der Waals surface area contributed by atoms with Crippen LogP contribution in [0.2, 0.25) is 10.0 Å². The zero-order valence-corrected chi connectivity index (χ0v) is 38.5. The van der Waals surface area contributed by atoms with Gasteiger partial charge in [0.2, 0.25) is 11.8 Å². The number of carbonyl (C=O) groups excluding carboxylic acids is 3. The number of hydrogen-bond donors (Lipinski definition) is 1. The highest BCUT2D eigenvalue weighted by Gasteiger charge is 2.34. The van der Waals surface area contributed by atoms with E-state index in [9.17, 15) is 14.4 Å². The van der Waals surface area contributed by atoms with Gasteiger partial charge in [-0.3, -0.25) is 9.59 Å². The van der Waals surface area contributed by atoms with Crippen LogP contribution in [0.5, 0.6) is 11.5 Å². The Morgan fingerprint density at radius 2 is 1.48 bits per heavy atom. The van der Waals surface area contributed by atoms with E-state index in [-0.39, 0.29) is 44.7 Å². The molecule has 4 aromatic rings. The fourth-order valence-corrected chi connectivity index (χ4v) is 7.58. The average molecular weight is 889 g/mol. The lowest BCUT2D eigenvalue weighted by atomic mass is 9.96. The largest absolute Gasteiger partial charge is 0.490 e. The molecule has 0 bridgehead atoms. The van der Waals surface area contributed by atoms with Crippen molar-refractivity contribution in [1.82, 2.24) is 15.1 Å². The lowest BCUT2D eigenvalue weighted by Crippen LogP contribution is -2.51. The maximum atomic E-state index is 14.9. The van der Waals surface area contributed by atoms with E-state index in [1.165, 1.54) is 14.2 Å². The number of amides is 3. The van der Waals surface area contributed by atoms with Gasteiger partial charge in [-0.05, 0) is 118 Å². The summed E-state index contributed by atoms with van der Waals surface area (Å²) >= 11 is 12.7. The Kier molecular flexibility index (Phi) is 17.3. The molecular formula is C49H59Cl2N3O8. The molecule has 0 saturated heterocycles. The summed E-state index contributed by atoms with van der Waals surface area (Å²) in [6.07, 6.45) is 1.82. The van der Waals surface area contributed by atoms with E-state index < -0.39 is 29.9 Å². The predicted molar refractivity (Wildman–Crippen MR) is 244 cm³/mol. The van der Waals surface area contributed by atoms with Crippen LogP contribution in [0.25, 0.3) is 5.57 Å². The van der Waals surface area contributed by atoms with Crippen LogP contribution in [-0.2, 0) is 36.9 Å². The minimum Gasteiger partial charge on any atom is -0.490 e. The fourth-order valence-electron chi connectivity index (χ4n) is 6.88. The Bertz CT molecular complexity index is 2140. The Hall–Kier alpha value is -5.07. The molecule has 1 N–H and O–H groups in total. The smallest absolute Gasteiger partial charge is 0.408 e. The van der Waals surface area contributed by atoms with E-state index in [0.29, 0.717) is 39.2 Å². The lowest BCUT2D eigenvalue weighted by molar-refractivity contribution is -0.148. The first-order chi connectivity index (χ1) is 29.5. The molecule has 5 rings (SSSR count). The molecule has 0 heterocycles. The normalized spacial score (nSPS) is 13.4. The number of nitrogens with zero attached hydrogens (tertiary/aromatic N) is 2. The minimum absolute atomic E-state index is 0.0478. The van der Waals surface area contributed by atoms with Gasteiger partial charge in [-0.25, -0.2) is 4.79 Å². The molecule has 0 aromatic heterocycles. The first-order valence-electron chi connectivity index (χ1n) is 20.8. The monoisotopic (exact) mass is 887 g/mol. The van der Waals surface area contributed by atoms with Crippen LogP contribution in [0.15, 0.2) is 91.0 Å².